The summed E-state index contributed by atoms with van der Waals surface area (Å²) >= 11 is 0. The van der Waals surface area contributed by atoms with Gasteiger partial charge in [-0.1, -0.05) is 0 Å². The van der Waals surface area contributed by atoms with Crippen molar-refractivity contribution in [2.45, 2.75) is 12.6 Å². The van der Waals surface area contributed by atoms with Crippen LogP contribution in [0.4, 0.5) is 4.39 Å². The maximum atomic E-state index is 12.7. The summed E-state index contributed by atoms with van der Waals surface area (Å²) in [5, 5.41) is 9.89. The highest BCUT2D eigenvalue weighted by molar-refractivity contribution is 5.22. The summed E-state index contributed by atoms with van der Waals surface area (Å²) in [6.07, 6.45) is 0.997. The molecule has 0 saturated heterocycles. The molecule has 0 aliphatic heterocycles. The van der Waals surface area contributed by atoms with E-state index >= 15 is 0 Å². The fraction of sp³-hybridized carbons (Fsp3) is 0.333. The number of ether oxygens (including phenoxy) is 1. The highest BCUT2D eigenvalue weighted by Gasteiger charge is 2.10. The molecule has 5 heteroatoms. The second kappa shape index (κ2) is 7.07. The van der Waals surface area contributed by atoms with Crippen LogP contribution in [0.1, 0.15) is 5.76 Å². The number of furan rings is 1. The lowest BCUT2D eigenvalue weighted by molar-refractivity contribution is 0.0725. The van der Waals surface area contributed by atoms with Crippen molar-refractivity contribution in [3.8, 4) is 5.75 Å². The average molecular weight is 279 g/mol. The molecule has 0 fully saturated rings. The van der Waals surface area contributed by atoms with E-state index in [2.05, 4.69) is 0 Å². The molecule has 1 aromatic heterocycles. The molecule has 2 aromatic rings. The smallest absolute Gasteiger partial charge is 0.123 e. The second-order valence-corrected chi connectivity index (χ2v) is 4.69. The largest absolute Gasteiger partial charge is 0.491 e. The first-order chi connectivity index (χ1) is 9.63. The molecule has 2 rings (SSSR count). The molecular formula is C15H18FNO3. The quantitative estimate of drug-likeness (QED) is 0.844. The van der Waals surface area contributed by atoms with E-state index in [0.29, 0.717) is 18.8 Å². The number of rotatable bonds is 7. The fourth-order valence-electron chi connectivity index (χ4n) is 1.87. The third-order valence-electron chi connectivity index (χ3n) is 2.78. The molecule has 0 saturated carbocycles. The van der Waals surface area contributed by atoms with Crippen molar-refractivity contribution in [1.29, 1.82) is 0 Å². The van der Waals surface area contributed by atoms with E-state index in [4.69, 9.17) is 9.15 Å². The lowest BCUT2D eigenvalue weighted by atomic mass is 10.3. The van der Waals surface area contributed by atoms with Crippen molar-refractivity contribution in [3.63, 3.8) is 0 Å². The molecule has 108 valence electrons. The zero-order chi connectivity index (χ0) is 14.4. The van der Waals surface area contributed by atoms with E-state index in [1.54, 1.807) is 6.26 Å². The average Bonchev–Trinajstić information content (AvgIpc) is 2.90. The third kappa shape index (κ3) is 4.68. The Morgan fingerprint density at radius 3 is 2.70 bits per heavy atom. The van der Waals surface area contributed by atoms with Crippen LogP contribution < -0.4 is 4.74 Å². The Labute approximate surface area is 117 Å². The van der Waals surface area contributed by atoms with Crippen LogP contribution in [0.15, 0.2) is 47.1 Å². The van der Waals surface area contributed by atoms with Crippen LogP contribution in [-0.4, -0.2) is 36.3 Å². The van der Waals surface area contributed by atoms with Gasteiger partial charge in [0.15, 0.2) is 0 Å². The van der Waals surface area contributed by atoms with E-state index in [9.17, 15) is 9.50 Å². The first-order valence-corrected chi connectivity index (χ1v) is 6.41. The van der Waals surface area contributed by atoms with Crippen molar-refractivity contribution in [1.82, 2.24) is 4.90 Å². The summed E-state index contributed by atoms with van der Waals surface area (Å²) < 4.78 is 23.3. The van der Waals surface area contributed by atoms with E-state index in [0.717, 1.165) is 5.76 Å². The monoisotopic (exact) mass is 279 g/mol. The predicted molar refractivity (Wildman–Crippen MR) is 72.9 cm³/mol. The van der Waals surface area contributed by atoms with E-state index in [1.165, 1.54) is 24.3 Å². The molecule has 4 nitrogen and oxygen atoms in total. The number of aliphatic hydroxyl groups excluding tert-OH is 1. The molecule has 0 amide bonds. The van der Waals surface area contributed by atoms with Crippen molar-refractivity contribution in [3.05, 3.63) is 54.2 Å². The Kier molecular flexibility index (Phi) is 5.15. The topological polar surface area (TPSA) is 45.8 Å². The standard InChI is InChI=1S/C15H18FNO3/c1-17(10-15-3-2-8-19-15)9-13(18)11-20-14-6-4-12(16)5-7-14/h2-8,13,18H,9-11H2,1H3/t13-/m1/s1. The Morgan fingerprint density at radius 2 is 2.05 bits per heavy atom. The van der Waals surface area contributed by atoms with Gasteiger partial charge >= 0.3 is 0 Å². The van der Waals surface area contributed by atoms with Crippen molar-refractivity contribution >= 4 is 0 Å². The highest BCUT2D eigenvalue weighted by Crippen LogP contribution is 2.11. The van der Waals surface area contributed by atoms with Crippen LogP contribution in [0.3, 0.4) is 0 Å². The van der Waals surface area contributed by atoms with Crippen LogP contribution in [0.2, 0.25) is 0 Å². The molecule has 0 unspecified atom stereocenters. The lowest BCUT2D eigenvalue weighted by Crippen LogP contribution is -2.32. The molecule has 0 aliphatic carbocycles. The number of hydrogen-bond donors (Lipinski definition) is 1. The van der Waals surface area contributed by atoms with Gasteiger partial charge in [-0.05, 0) is 43.4 Å². The first-order valence-electron chi connectivity index (χ1n) is 6.41. The van der Waals surface area contributed by atoms with E-state index in [1.807, 2.05) is 24.1 Å². The molecular weight excluding hydrogens is 261 g/mol. The third-order valence-corrected chi connectivity index (χ3v) is 2.78. The Morgan fingerprint density at radius 1 is 1.30 bits per heavy atom. The summed E-state index contributed by atoms with van der Waals surface area (Å²) in [6, 6.07) is 9.44. The van der Waals surface area contributed by atoms with Gasteiger partial charge in [0.2, 0.25) is 0 Å². The summed E-state index contributed by atoms with van der Waals surface area (Å²) in [7, 11) is 1.89. The van der Waals surface area contributed by atoms with Gasteiger partial charge in [0, 0.05) is 6.54 Å². The highest BCUT2D eigenvalue weighted by atomic mass is 19.1. The number of aliphatic hydroxyl groups is 1. The van der Waals surface area contributed by atoms with Crippen LogP contribution in [-0.2, 0) is 6.54 Å². The molecule has 0 radical (unpaired) electrons. The number of halogens is 1. The number of hydrogen-bond acceptors (Lipinski definition) is 4. The van der Waals surface area contributed by atoms with Gasteiger partial charge in [-0.3, -0.25) is 4.90 Å². The zero-order valence-electron chi connectivity index (χ0n) is 11.3. The van der Waals surface area contributed by atoms with Gasteiger partial charge in [-0.25, -0.2) is 4.39 Å². The summed E-state index contributed by atoms with van der Waals surface area (Å²) in [5.41, 5.74) is 0. The molecule has 0 spiro atoms. The second-order valence-electron chi connectivity index (χ2n) is 4.69. The molecule has 0 bridgehead atoms. The summed E-state index contributed by atoms with van der Waals surface area (Å²) in [5.74, 6) is 1.08. The van der Waals surface area contributed by atoms with Crippen LogP contribution >= 0.6 is 0 Å². The summed E-state index contributed by atoms with van der Waals surface area (Å²) in [6.45, 7) is 1.25. The first kappa shape index (κ1) is 14.6. The van der Waals surface area contributed by atoms with Crippen LogP contribution in [0.25, 0.3) is 0 Å². The SMILES string of the molecule is CN(Cc1ccco1)C[C@@H](O)COc1ccc(F)cc1. The van der Waals surface area contributed by atoms with Gasteiger partial charge in [0.1, 0.15) is 30.0 Å². The molecule has 20 heavy (non-hydrogen) atoms. The molecule has 1 heterocycles. The zero-order valence-corrected chi connectivity index (χ0v) is 11.3. The molecule has 1 atom stereocenters. The maximum Gasteiger partial charge on any atom is 0.123 e. The predicted octanol–water partition coefficient (Wildman–Crippen LogP) is 2.29. The molecule has 1 N–H and O–H groups in total. The van der Waals surface area contributed by atoms with Crippen molar-refractivity contribution in [2.75, 3.05) is 20.2 Å². The number of likely N-dealkylation sites (N-methyl/N-ethyl adjacent to an activating group) is 1. The Bertz CT molecular complexity index is 498. The molecule has 1 aromatic carbocycles. The normalized spacial score (nSPS) is 12.6. The maximum absolute atomic E-state index is 12.7. The van der Waals surface area contributed by atoms with Gasteiger partial charge in [0.05, 0.1) is 12.8 Å². The minimum atomic E-state index is -0.625. The lowest BCUT2D eigenvalue weighted by Gasteiger charge is -2.19. The van der Waals surface area contributed by atoms with Crippen molar-refractivity contribution in [2.24, 2.45) is 0 Å². The van der Waals surface area contributed by atoms with Gasteiger partial charge in [-0.2, -0.15) is 0 Å². The van der Waals surface area contributed by atoms with Gasteiger partial charge < -0.3 is 14.3 Å². The van der Waals surface area contributed by atoms with Gasteiger partial charge in [-0.15, -0.1) is 0 Å². The van der Waals surface area contributed by atoms with Crippen molar-refractivity contribution < 1.29 is 18.7 Å². The van der Waals surface area contributed by atoms with E-state index < -0.39 is 6.10 Å². The minimum Gasteiger partial charge on any atom is -0.491 e. The number of benzene rings is 1. The van der Waals surface area contributed by atoms with E-state index in [-0.39, 0.29) is 12.4 Å². The minimum absolute atomic E-state index is 0.161. The van der Waals surface area contributed by atoms with Crippen LogP contribution in [0, 0.1) is 5.82 Å². The fourth-order valence-corrected chi connectivity index (χ4v) is 1.87. The van der Waals surface area contributed by atoms with Crippen LogP contribution in [0.5, 0.6) is 5.75 Å². The number of nitrogens with zero attached hydrogens (tertiary/aromatic N) is 1. The summed E-state index contributed by atoms with van der Waals surface area (Å²) in [4.78, 5) is 1.94. The Balaban J connectivity index is 1.71. The Hall–Kier alpha value is -1.85. The van der Waals surface area contributed by atoms with Gasteiger partial charge in [0.25, 0.3) is 0 Å². The molecule has 0 aliphatic rings.